The summed E-state index contributed by atoms with van der Waals surface area (Å²) in [7, 11) is 0. The SMILES string of the molecule is O=C1CCC(c2ccccc2)=C1CC(=O)N1CCN2C(=O)OC[C@@H]2C1. The molecule has 3 aliphatic rings. The summed E-state index contributed by atoms with van der Waals surface area (Å²) < 4.78 is 5.04. The molecule has 1 aromatic rings. The van der Waals surface area contributed by atoms with Gasteiger partial charge in [-0.05, 0) is 17.6 Å². The minimum Gasteiger partial charge on any atom is -0.447 e. The Morgan fingerprint density at radius 3 is 2.72 bits per heavy atom. The van der Waals surface area contributed by atoms with Crippen molar-refractivity contribution in [3.8, 4) is 0 Å². The van der Waals surface area contributed by atoms with E-state index in [2.05, 4.69) is 0 Å². The number of piperazine rings is 1. The van der Waals surface area contributed by atoms with Gasteiger partial charge in [-0.15, -0.1) is 0 Å². The number of hydrogen-bond donors (Lipinski definition) is 0. The zero-order valence-electron chi connectivity index (χ0n) is 13.9. The molecule has 4 rings (SSSR count). The summed E-state index contributed by atoms with van der Waals surface area (Å²) in [5, 5.41) is 0. The van der Waals surface area contributed by atoms with Crippen LogP contribution in [0.15, 0.2) is 35.9 Å². The van der Waals surface area contributed by atoms with Gasteiger partial charge in [0.05, 0.1) is 12.5 Å². The van der Waals surface area contributed by atoms with Crippen LogP contribution >= 0.6 is 0 Å². The lowest BCUT2D eigenvalue weighted by Crippen LogP contribution is -2.53. The van der Waals surface area contributed by atoms with E-state index in [0.29, 0.717) is 44.7 Å². The van der Waals surface area contributed by atoms with E-state index in [1.165, 1.54) is 0 Å². The zero-order chi connectivity index (χ0) is 17.4. The highest BCUT2D eigenvalue weighted by molar-refractivity contribution is 6.10. The number of amides is 2. The molecule has 0 aromatic heterocycles. The van der Waals surface area contributed by atoms with Crippen LogP contribution in [0.2, 0.25) is 0 Å². The number of hydrogen-bond acceptors (Lipinski definition) is 4. The number of carbonyl (C=O) groups excluding carboxylic acids is 3. The summed E-state index contributed by atoms with van der Waals surface area (Å²) in [6.45, 7) is 1.80. The summed E-state index contributed by atoms with van der Waals surface area (Å²) in [5.41, 5.74) is 2.67. The molecule has 0 bridgehead atoms. The molecule has 6 nitrogen and oxygen atoms in total. The standard InChI is InChI=1S/C19H20N2O4/c22-17-7-6-15(13-4-2-1-3-5-13)16(17)10-18(23)20-8-9-21-14(11-20)12-25-19(21)24/h1-5,14H,6-12H2/t14-/m0/s1. The van der Waals surface area contributed by atoms with Gasteiger partial charge in [0, 0.05) is 31.6 Å². The number of ketones is 1. The number of fused-ring (bicyclic) bond motifs is 1. The maximum atomic E-state index is 12.7. The first-order valence-electron chi connectivity index (χ1n) is 8.65. The molecule has 0 unspecified atom stereocenters. The smallest absolute Gasteiger partial charge is 0.410 e. The van der Waals surface area contributed by atoms with E-state index in [0.717, 1.165) is 11.1 Å². The number of nitrogens with zero attached hydrogens (tertiary/aromatic N) is 2. The van der Waals surface area contributed by atoms with Crippen molar-refractivity contribution in [1.29, 1.82) is 0 Å². The average molecular weight is 340 g/mol. The Balaban J connectivity index is 1.50. The summed E-state index contributed by atoms with van der Waals surface area (Å²) in [6.07, 6.45) is 1.03. The normalized spacial score (nSPS) is 23.1. The van der Waals surface area contributed by atoms with Crippen LogP contribution in [0.3, 0.4) is 0 Å². The van der Waals surface area contributed by atoms with Gasteiger partial charge >= 0.3 is 6.09 Å². The quantitative estimate of drug-likeness (QED) is 0.842. The number of allylic oxidation sites excluding steroid dienone is 1. The molecule has 2 fully saturated rings. The number of carbonyl (C=O) groups is 3. The van der Waals surface area contributed by atoms with Crippen LogP contribution < -0.4 is 0 Å². The van der Waals surface area contributed by atoms with Gasteiger partial charge in [-0.25, -0.2) is 4.79 Å². The van der Waals surface area contributed by atoms with Crippen molar-refractivity contribution in [2.45, 2.75) is 25.3 Å². The lowest BCUT2D eigenvalue weighted by atomic mass is 9.99. The minimum atomic E-state index is -0.294. The number of ether oxygens (including phenoxy) is 1. The van der Waals surface area contributed by atoms with Crippen molar-refractivity contribution in [3.05, 3.63) is 41.5 Å². The summed E-state index contributed by atoms with van der Waals surface area (Å²) in [6, 6.07) is 9.74. The van der Waals surface area contributed by atoms with Crippen LogP contribution in [0.25, 0.3) is 5.57 Å². The van der Waals surface area contributed by atoms with Crippen molar-refractivity contribution in [1.82, 2.24) is 9.80 Å². The second-order valence-corrected chi connectivity index (χ2v) is 6.69. The molecular weight excluding hydrogens is 320 g/mol. The van der Waals surface area contributed by atoms with E-state index in [-0.39, 0.29) is 30.2 Å². The van der Waals surface area contributed by atoms with Gasteiger partial charge in [0.25, 0.3) is 0 Å². The fourth-order valence-electron chi connectivity index (χ4n) is 3.85. The molecule has 0 saturated carbocycles. The topological polar surface area (TPSA) is 66.9 Å². The highest BCUT2D eigenvalue weighted by Gasteiger charge is 2.39. The number of cyclic esters (lactones) is 1. The molecule has 0 radical (unpaired) electrons. The second-order valence-electron chi connectivity index (χ2n) is 6.69. The Kier molecular flexibility index (Phi) is 4.03. The van der Waals surface area contributed by atoms with E-state index in [9.17, 15) is 14.4 Å². The molecule has 1 aromatic carbocycles. The van der Waals surface area contributed by atoms with Gasteiger partial charge in [0.15, 0.2) is 5.78 Å². The van der Waals surface area contributed by atoms with Crippen molar-refractivity contribution in [3.63, 3.8) is 0 Å². The highest BCUT2D eigenvalue weighted by atomic mass is 16.6. The molecule has 130 valence electrons. The van der Waals surface area contributed by atoms with Crippen LogP contribution in [0.4, 0.5) is 4.79 Å². The highest BCUT2D eigenvalue weighted by Crippen LogP contribution is 2.33. The molecule has 0 spiro atoms. The van der Waals surface area contributed by atoms with E-state index in [1.807, 2.05) is 30.3 Å². The fourth-order valence-corrected chi connectivity index (χ4v) is 3.85. The van der Waals surface area contributed by atoms with Gasteiger partial charge in [-0.1, -0.05) is 30.3 Å². The molecule has 0 N–H and O–H groups in total. The predicted octanol–water partition coefficient (Wildman–Crippen LogP) is 1.86. The Morgan fingerprint density at radius 1 is 1.12 bits per heavy atom. The van der Waals surface area contributed by atoms with Gasteiger partial charge in [0.2, 0.25) is 5.91 Å². The van der Waals surface area contributed by atoms with Crippen LogP contribution in [0.5, 0.6) is 0 Å². The summed E-state index contributed by atoms with van der Waals surface area (Å²) >= 11 is 0. The van der Waals surface area contributed by atoms with Crippen LogP contribution in [-0.2, 0) is 14.3 Å². The third-order valence-corrected chi connectivity index (χ3v) is 5.22. The number of benzene rings is 1. The van der Waals surface area contributed by atoms with Crippen molar-refractivity contribution in [2.75, 3.05) is 26.2 Å². The average Bonchev–Trinajstić information content (AvgIpc) is 3.19. The van der Waals surface area contributed by atoms with Gasteiger partial charge in [-0.3, -0.25) is 14.5 Å². The van der Waals surface area contributed by atoms with E-state index in [4.69, 9.17) is 4.74 Å². The molecule has 1 atom stereocenters. The van der Waals surface area contributed by atoms with Crippen molar-refractivity contribution < 1.29 is 19.1 Å². The maximum absolute atomic E-state index is 12.7. The first-order chi connectivity index (χ1) is 12.1. The zero-order valence-corrected chi connectivity index (χ0v) is 13.9. The molecule has 2 heterocycles. The number of rotatable bonds is 3. The minimum absolute atomic E-state index is 0.0438. The molecule has 6 heteroatoms. The Bertz CT molecular complexity index is 756. The van der Waals surface area contributed by atoms with E-state index in [1.54, 1.807) is 9.80 Å². The van der Waals surface area contributed by atoms with Crippen LogP contribution in [-0.4, -0.2) is 59.9 Å². The molecular formula is C19H20N2O4. The molecule has 2 aliphatic heterocycles. The Labute approximate surface area is 146 Å². The Hall–Kier alpha value is -2.63. The lowest BCUT2D eigenvalue weighted by Gasteiger charge is -2.35. The lowest BCUT2D eigenvalue weighted by molar-refractivity contribution is -0.133. The van der Waals surface area contributed by atoms with E-state index >= 15 is 0 Å². The molecule has 1 aliphatic carbocycles. The second kappa shape index (κ2) is 6.35. The van der Waals surface area contributed by atoms with Gasteiger partial charge in [0.1, 0.15) is 6.61 Å². The third-order valence-electron chi connectivity index (χ3n) is 5.22. The third kappa shape index (κ3) is 2.92. The number of Topliss-reactive ketones (excluding diaryl/α,β-unsaturated/α-hetero) is 1. The first kappa shape index (κ1) is 15.9. The fraction of sp³-hybridized carbons (Fsp3) is 0.421. The van der Waals surface area contributed by atoms with Gasteiger partial charge in [-0.2, -0.15) is 0 Å². The monoisotopic (exact) mass is 340 g/mol. The molecule has 2 saturated heterocycles. The maximum Gasteiger partial charge on any atom is 0.410 e. The molecule has 25 heavy (non-hydrogen) atoms. The molecule has 2 amide bonds. The van der Waals surface area contributed by atoms with Crippen molar-refractivity contribution >= 4 is 23.4 Å². The van der Waals surface area contributed by atoms with Crippen molar-refractivity contribution in [2.24, 2.45) is 0 Å². The summed E-state index contributed by atoms with van der Waals surface area (Å²) in [4.78, 5) is 40.0. The van der Waals surface area contributed by atoms with E-state index < -0.39 is 0 Å². The van der Waals surface area contributed by atoms with Gasteiger partial charge < -0.3 is 9.64 Å². The van der Waals surface area contributed by atoms with Crippen LogP contribution in [0.1, 0.15) is 24.8 Å². The summed E-state index contributed by atoms with van der Waals surface area (Å²) in [5.74, 6) is 0.0305. The largest absolute Gasteiger partial charge is 0.447 e. The first-order valence-corrected chi connectivity index (χ1v) is 8.65. The predicted molar refractivity (Wildman–Crippen MR) is 90.6 cm³/mol. The Morgan fingerprint density at radius 2 is 1.92 bits per heavy atom. The van der Waals surface area contributed by atoms with Crippen LogP contribution in [0, 0.1) is 0 Å².